The highest BCUT2D eigenvalue weighted by Crippen LogP contribution is 2.37. The lowest BCUT2D eigenvalue weighted by molar-refractivity contribution is 0.263. The molecule has 0 radical (unpaired) electrons. The summed E-state index contributed by atoms with van der Waals surface area (Å²) in [7, 11) is 2.04. The van der Waals surface area contributed by atoms with Crippen LogP contribution in [0.1, 0.15) is 24.1 Å². The maximum Gasteiger partial charge on any atom is 0.123 e. The van der Waals surface area contributed by atoms with Gasteiger partial charge in [0.15, 0.2) is 0 Å². The molecule has 1 aliphatic heterocycles. The zero-order valence-corrected chi connectivity index (χ0v) is 12.6. The van der Waals surface area contributed by atoms with E-state index in [2.05, 4.69) is 11.5 Å². The number of benzene rings is 1. The Morgan fingerprint density at radius 1 is 1.50 bits per heavy atom. The summed E-state index contributed by atoms with van der Waals surface area (Å²) >= 11 is 6.30. The Morgan fingerprint density at radius 2 is 2.25 bits per heavy atom. The van der Waals surface area contributed by atoms with E-state index in [0.717, 1.165) is 24.1 Å². The van der Waals surface area contributed by atoms with Crippen molar-refractivity contribution >= 4 is 11.6 Å². The van der Waals surface area contributed by atoms with E-state index >= 15 is 0 Å². The van der Waals surface area contributed by atoms with Crippen molar-refractivity contribution < 1.29 is 4.39 Å². The summed E-state index contributed by atoms with van der Waals surface area (Å²) in [5, 5.41) is 0.608. The molecule has 0 spiro atoms. The van der Waals surface area contributed by atoms with Crippen LogP contribution in [0.2, 0.25) is 0 Å². The van der Waals surface area contributed by atoms with Crippen LogP contribution in [0, 0.1) is 5.82 Å². The van der Waals surface area contributed by atoms with Gasteiger partial charge in [-0.1, -0.05) is 42.5 Å². The molecule has 1 atom stereocenters. The summed E-state index contributed by atoms with van der Waals surface area (Å²) in [6, 6.07) is 4.98. The van der Waals surface area contributed by atoms with Crippen molar-refractivity contribution in [1.29, 1.82) is 0 Å². The van der Waals surface area contributed by atoms with Gasteiger partial charge in [0.1, 0.15) is 5.82 Å². The molecule has 0 saturated carbocycles. The van der Waals surface area contributed by atoms with E-state index < -0.39 is 0 Å². The molecule has 0 bridgehead atoms. The Kier molecular flexibility index (Phi) is 4.79. The largest absolute Gasteiger partial charge is 0.295 e. The summed E-state index contributed by atoms with van der Waals surface area (Å²) in [6.07, 6.45) is 6.49. The molecule has 106 valence electrons. The zero-order valence-electron chi connectivity index (χ0n) is 11.9. The number of likely N-dealkylation sites (N-methyl/N-ethyl adjacent to an activating group) is 1. The molecule has 0 aromatic heterocycles. The fourth-order valence-corrected chi connectivity index (χ4v) is 2.88. The fourth-order valence-electron chi connectivity index (χ4n) is 2.72. The Labute approximate surface area is 125 Å². The van der Waals surface area contributed by atoms with Gasteiger partial charge in [0.05, 0.1) is 6.04 Å². The first kappa shape index (κ1) is 15.0. The molecule has 0 N–H and O–H groups in total. The first-order valence-electron chi connectivity index (χ1n) is 6.71. The zero-order chi connectivity index (χ0) is 14.7. The van der Waals surface area contributed by atoms with E-state index in [-0.39, 0.29) is 11.9 Å². The Bertz CT molecular complexity index is 574. The minimum absolute atomic E-state index is 0.0313. The van der Waals surface area contributed by atoms with Crippen molar-refractivity contribution in [2.45, 2.75) is 19.4 Å². The van der Waals surface area contributed by atoms with Crippen LogP contribution in [-0.2, 0) is 6.42 Å². The highest BCUT2D eigenvalue weighted by atomic mass is 35.5. The summed E-state index contributed by atoms with van der Waals surface area (Å²) in [5.74, 6) is -0.210. The molecule has 3 heteroatoms. The monoisotopic (exact) mass is 291 g/mol. The predicted molar refractivity (Wildman–Crippen MR) is 83.4 cm³/mol. The number of allylic oxidation sites excluding steroid dienone is 3. The average molecular weight is 292 g/mol. The topological polar surface area (TPSA) is 3.24 Å². The molecule has 1 aromatic carbocycles. The van der Waals surface area contributed by atoms with E-state index in [0.29, 0.717) is 5.03 Å². The Morgan fingerprint density at radius 3 is 2.90 bits per heavy atom. The lowest BCUT2D eigenvalue weighted by Gasteiger charge is -2.36. The van der Waals surface area contributed by atoms with Crippen LogP contribution in [0.4, 0.5) is 4.39 Å². The standard InChI is InChI=1S/C17H19ClFN/c1-4-6-14(16(18)5-2)17-15-11-13(19)8-7-12(15)9-10-20(17)3/h4-8,11,17H,2,9-10H2,1,3H3/b6-4-,16-14-. The third-order valence-electron chi connectivity index (χ3n) is 3.67. The highest BCUT2D eigenvalue weighted by Gasteiger charge is 2.28. The summed E-state index contributed by atoms with van der Waals surface area (Å²) < 4.78 is 13.6. The molecular weight excluding hydrogens is 273 g/mol. The number of rotatable bonds is 3. The maximum atomic E-state index is 13.6. The maximum absolute atomic E-state index is 13.6. The molecular formula is C17H19ClFN. The van der Waals surface area contributed by atoms with Crippen molar-refractivity contribution in [3.63, 3.8) is 0 Å². The average Bonchev–Trinajstić information content (AvgIpc) is 2.44. The third-order valence-corrected chi connectivity index (χ3v) is 4.05. The summed E-state index contributed by atoms with van der Waals surface area (Å²) in [4.78, 5) is 2.20. The normalized spacial score (nSPS) is 20.7. The molecule has 0 saturated heterocycles. The predicted octanol–water partition coefficient (Wildman–Crippen LogP) is 4.61. The van der Waals surface area contributed by atoms with E-state index in [4.69, 9.17) is 11.6 Å². The van der Waals surface area contributed by atoms with Gasteiger partial charge >= 0.3 is 0 Å². The second kappa shape index (κ2) is 6.38. The fraction of sp³-hybridized carbons (Fsp3) is 0.294. The number of nitrogens with zero attached hydrogens (tertiary/aromatic N) is 1. The van der Waals surface area contributed by atoms with Crippen molar-refractivity contribution in [3.8, 4) is 0 Å². The molecule has 1 aromatic rings. The highest BCUT2D eigenvalue weighted by molar-refractivity contribution is 6.31. The smallest absolute Gasteiger partial charge is 0.123 e. The van der Waals surface area contributed by atoms with Crippen LogP contribution in [0.3, 0.4) is 0 Å². The van der Waals surface area contributed by atoms with Crippen LogP contribution in [0.5, 0.6) is 0 Å². The van der Waals surface area contributed by atoms with Gasteiger partial charge in [-0.15, -0.1) is 0 Å². The van der Waals surface area contributed by atoms with E-state index in [1.165, 1.54) is 11.6 Å². The minimum Gasteiger partial charge on any atom is -0.295 e. The lowest BCUT2D eigenvalue weighted by Crippen LogP contribution is -2.33. The van der Waals surface area contributed by atoms with E-state index in [1.54, 1.807) is 12.1 Å². The van der Waals surface area contributed by atoms with Gasteiger partial charge < -0.3 is 0 Å². The van der Waals surface area contributed by atoms with Gasteiger partial charge in [0.25, 0.3) is 0 Å². The number of hydrogen-bond donors (Lipinski definition) is 0. The Hall–Kier alpha value is -1.38. The van der Waals surface area contributed by atoms with Crippen LogP contribution in [0.15, 0.2) is 53.6 Å². The van der Waals surface area contributed by atoms with Crippen molar-refractivity contribution in [2.75, 3.05) is 13.6 Å². The first-order valence-corrected chi connectivity index (χ1v) is 7.09. The third kappa shape index (κ3) is 2.87. The minimum atomic E-state index is -0.210. The molecule has 2 rings (SSSR count). The SMILES string of the molecule is C=C/C(Cl)=C(\C=C/C)C1c2cc(F)ccc2CCN1C. The molecule has 20 heavy (non-hydrogen) atoms. The quantitative estimate of drug-likeness (QED) is 0.735. The summed E-state index contributed by atoms with van der Waals surface area (Å²) in [6.45, 7) is 6.61. The van der Waals surface area contributed by atoms with Crippen molar-refractivity contribution in [2.24, 2.45) is 0 Å². The van der Waals surface area contributed by atoms with Gasteiger partial charge in [-0.2, -0.15) is 0 Å². The summed E-state index contributed by atoms with van der Waals surface area (Å²) in [5.41, 5.74) is 3.13. The van der Waals surface area contributed by atoms with Crippen LogP contribution >= 0.6 is 11.6 Å². The van der Waals surface area contributed by atoms with Gasteiger partial charge in [-0.3, -0.25) is 4.90 Å². The number of hydrogen-bond acceptors (Lipinski definition) is 1. The second-order valence-electron chi connectivity index (χ2n) is 4.98. The Balaban J connectivity index is 2.60. The molecule has 1 unspecified atom stereocenters. The molecule has 1 aliphatic rings. The van der Waals surface area contributed by atoms with E-state index in [1.807, 2.05) is 32.2 Å². The second-order valence-corrected chi connectivity index (χ2v) is 5.39. The molecule has 1 heterocycles. The van der Waals surface area contributed by atoms with Crippen LogP contribution in [-0.4, -0.2) is 18.5 Å². The first-order chi connectivity index (χ1) is 9.58. The van der Waals surface area contributed by atoms with Gasteiger partial charge in [0.2, 0.25) is 0 Å². The lowest BCUT2D eigenvalue weighted by atomic mass is 9.87. The van der Waals surface area contributed by atoms with Crippen LogP contribution in [0.25, 0.3) is 0 Å². The number of fused-ring (bicyclic) bond motifs is 1. The van der Waals surface area contributed by atoms with E-state index in [9.17, 15) is 4.39 Å². The molecule has 0 amide bonds. The van der Waals surface area contributed by atoms with Gasteiger partial charge in [-0.05, 0) is 49.2 Å². The molecule has 1 nitrogen and oxygen atoms in total. The van der Waals surface area contributed by atoms with Gasteiger partial charge in [0, 0.05) is 11.6 Å². The van der Waals surface area contributed by atoms with Crippen molar-refractivity contribution in [1.82, 2.24) is 4.90 Å². The van der Waals surface area contributed by atoms with Crippen LogP contribution < -0.4 is 0 Å². The molecule has 0 fully saturated rings. The number of halogens is 2. The van der Waals surface area contributed by atoms with Crippen molar-refractivity contribution in [3.05, 3.63) is 70.6 Å². The van der Waals surface area contributed by atoms with Gasteiger partial charge in [-0.25, -0.2) is 4.39 Å². The molecule has 0 aliphatic carbocycles.